The molecule has 1 aromatic heterocycles. The SMILES string of the molecule is Cn1cc(S(=O)(=O)NC2CCCCCC2N)cn1. The fourth-order valence-corrected chi connectivity index (χ4v) is 3.59. The maximum absolute atomic E-state index is 12.2. The number of aryl methyl sites for hydroxylation is 1. The van der Waals surface area contributed by atoms with E-state index in [0.29, 0.717) is 0 Å². The summed E-state index contributed by atoms with van der Waals surface area (Å²) in [6, 6.07) is -0.267. The van der Waals surface area contributed by atoms with Crippen molar-refractivity contribution in [3.05, 3.63) is 12.4 Å². The zero-order valence-corrected chi connectivity index (χ0v) is 11.4. The third-order valence-electron chi connectivity index (χ3n) is 3.37. The molecule has 6 nitrogen and oxygen atoms in total. The zero-order chi connectivity index (χ0) is 13.2. The highest BCUT2D eigenvalue weighted by Gasteiger charge is 2.26. The molecule has 1 aliphatic rings. The molecule has 1 aromatic rings. The number of nitrogens with two attached hydrogens (primary N) is 1. The van der Waals surface area contributed by atoms with E-state index in [9.17, 15) is 8.42 Å². The molecular formula is C11H20N4O2S. The molecule has 0 aliphatic heterocycles. The predicted molar refractivity (Wildman–Crippen MR) is 68.4 cm³/mol. The number of nitrogens with one attached hydrogen (secondary N) is 1. The lowest BCUT2D eigenvalue weighted by molar-refractivity contribution is 0.456. The molecule has 0 radical (unpaired) electrons. The van der Waals surface area contributed by atoms with Gasteiger partial charge in [0, 0.05) is 25.3 Å². The van der Waals surface area contributed by atoms with Crippen molar-refractivity contribution in [2.24, 2.45) is 12.8 Å². The van der Waals surface area contributed by atoms with E-state index in [4.69, 9.17) is 5.73 Å². The van der Waals surface area contributed by atoms with Crippen molar-refractivity contribution in [1.29, 1.82) is 0 Å². The topological polar surface area (TPSA) is 90.0 Å². The van der Waals surface area contributed by atoms with Crippen LogP contribution in [0.1, 0.15) is 32.1 Å². The van der Waals surface area contributed by atoms with Crippen LogP contribution in [-0.2, 0) is 17.1 Å². The molecular weight excluding hydrogens is 252 g/mol. The van der Waals surface area contributed by atoms with E-state index in [1.807, 2.05) is 0 Å². The van der Waals surface area contributed by atoms with Crippen molar-refractivity contribution >= 4 is 10.0 Å². The van der Waals surface area contributed by atoms with E-state index in [1.54, 1.807) is 7.05 Å². The number of hydrogen-bond donors (Lipinski definition) is 2. The molecule has 2 atom stereocenters. The lowest BCUT2D eigenvalue weighted by Gasteiger charge is -2.22. The van der Waals surface area contributed by atoms with Gasteiger partial charge in [0.2, 0.25) is 10.0 Å². The molecule has 3 N–H and O–H groups in total. The Hall–Kier alpha value is -0.920. The van der Waals surface area contributed by atoms with E-state index in [2.05, 4.69) is 9.82 Å². The summed E-state index contributed by atoms with van der Waals surface area (Å²) in [5, 5.41) is 3.88. The van der Waals surface area contributed by atoms with E-state index in [1.165, 1.54) is 17.1 Å². The molecule has 102 valence electrons. The van der Waals surface area contributed by atoms with Gasteiger partial charge in [0.15, 0.2) is 0 Å². The molecule has 1 saturated carbocycles. The van der Waals surface area contributed by atoms with Gasteiger partial charge in [0.05, 0.1) is 6.20 Å². The monoisotopic (exact) mass is 272 g/mol. The summed E-state index contributed by atoms with van der Waals surface area (Å²) in [7, 11) is -1.81. The number of aromatic nitrogens is 2. The minimum atomic E-state index is -3.50. The van der Waals surface area contributed by atoms with Crippen molar-refractivity contribution in [3.63, 3.8) is 0 Å². The number of rotatable bonds is 3. The van der Waals surface area contributed by atoms with Crippen LogP contribution in [0.2, 0.25) is 0 Å². The molecule has 1 aliphatic carbocycles. The third kappa shape index (κ3) is 3.09. The van der Waals surface area contributed by atoms with Crippen LogP contribution in [-0.4, -0.2) is 30.3 Å². The molecule has 2 rings (SSSR count). The first-order valence-electron chi connectivity index (χ1n) is 6.25. The smallest absolute Gasteiger partial charge is 0.243 e. The summed E-state index contributed by atoms with van der Waals surface area (Å²) in [6.45, 7) is 0. The van der Waals surface area contributed by atoms with Gasteiger partial charge >= 0.3 is 0 Å². The summed E-state index contributed by atoms with van der Waals surface area (Å²) < 4.78 is 28.5. The van der Waals surface area contributed by atoms with Crippen LogP contribution in [0.25, 0.3) is 0 Å². The van der Waals surface area contributed by atoms with Crippen molar-refractivity contribution < 1.29 is 8.42 Å². The Balaban J connectivity index is 2.11. The Morgan fingerprint density at radius 1 is 1.39 bits per heavy atom. The summed E-state index contributed by atoms with van der Waals surface area (Å²) in [5.74, 6) is 0. The average Bonchev–Trinajstić information content (AvgIpc) is 2.65. The first-order valence-corrected chi connectivity index (χ1v) is 7.74. The fraction of sp³-hybridized carbons (Fsp3) is 0.727. The Morgan fingerprint density at radius 2 is 2.11 bits per heavy atom. The average molecular weight is 272 g/mol. The Morgan fingerprint density at radius 3 is 2.78 bits per heavy atom. The highest BCUT2D eigenvalue weighted by atomic mass is 32.2. The minimum Gasteiger partial charge on any atom is -0.326 e. The Kier molecular flexibility index (Phi) is 4.04. The lowest BCUT2D eigenvalue weighted by Crippen LogP contribution is -2.46. The van der Waals surface area contributed by atoms with Crippen LogP contribution >= 0.6 is 0 Å². The molecule has 18 heavy (non-hydrogen) atoms. The van der Waals surface area contributed by atoms with Crippen LogP contribution in [0.4, 0.5) is 0 Å². The minimum absolute atomic E-state index is 0.0982. The second-order valence-electron chi connectivity index (χ2n) is 4.88. The first kappa shape index (κ1) is 13.5. The van der Waals surface area contributed by atoms with Gasteiger partial charge in [-0.1, -0.05) is 19.3 Å². The quantitative estimate of drug-likeness (QED) is 0.777. The van der Waals surface area contributed by atoms with Gasteiger partial charge in [-0.3, -0.25) is 4.68 Å². The van der Waals surface area contributed by atoms with Gasteiger partial charge in [0.25, 0.3) is 0 Å². The van der Waals surface area contributed by atoms with E-state index < -0.39 is 10.0 Å². The van der Waals surface area contributed by atoms with Crippen LogP contribution in [0.3, 0.4) is 0 Å². The van der Waals surface area contributed by atoms with Crippen LogP contribution in [0.5, 0.6) is 0 Å². The highest BCUT2D eigenvalue weighted by Crippen LogP contribution is 2.18. The number of nitrogens with zero attached hydrogens (tertiary/aromatic N) is 2. The molecule has 7 heteroatoms. The van der Waals surface area contributed by atoms with Crippen LogP contribution in [0, 0.1) is 0 Å². The maximum atomic E-state index is 12.2. The number of hydrogen-bond acceptors (Lipinski definition) is 4. The van der Waals surface area contributed by atoms with Crippen molar-refractivity contribution in [3.8, 4) is 0 Å². The largest absolute Gasteiger partial charge is 0.326 e. The van der Waals surface area contributed by atoms with Gasteiger partial charge in [-0.15, -0.1) is 0 Å². The summed E-state index contributed by atoms with van der Waals surface area (Å²) >= 11 is 0. The second-order valence-corrected chi connectivity index (χ2v) is 6.59. The molecule has 0 spiro atoms. The normalized spacial score (nSPS) is 25.9. The first-order chi connectivity index (χ1) is 8.49. The Labute approximate surface area is 108 Å². The highest BCUT2D eigenvalue weighted by molar-refractivity contribution is 7.89. The molecule has 0 bridgehead atoms. The van der Waals surface area contributed by atoms with Gasteiger partial charge < -0.3 is 5.73 Å². The van der Waals surface area contributed by atoms with Crippen LogP contribution in [0.15, 0.2) is 17.3 Å². The summed E-state index contributed by atoms with van der Waals surface area (Å²) in [5.41, 5.74) is 6.02. The molecule has 0 aromatic carbocycles. The van der Waals surface area contributed by atoms with Gasteiger partial charge in [-0.05, 0) is 12.8 Å². The van der Waals surface area contributed by atoms with Gasteiger partial charge in [-0.25, -0.2) is 13.1 Å². The van der Waals surface area contributed by atoms with Gasteiger partial charge in [-0.2, -0.15) is 5.10 Å². The molecule has 2 unspecified atom stereocenters. The summed E-state index contributed by atoms with van der Waals surface area (Å²) in [6.07, 6.45) is 7.75. The van der Waals surface area contributed by atoms with Crippen molar-refractivity contribution in [1.82, 2.24) is 14.5 Å². The molecule has 0 saturated heterocycles. The predicted octanol–water partition coefficient (Wildman–Crippen LogP) is 0.358. The van der Waals surface area contributed by atoms with Crippen LogP contribution < -0.4 is 10.5 Å². The lowest BCUT2D eigenvalue weighted by atomic mass is 10.1. The Bertz CT molecular complexity index is 497. The standard InChI is InChI=1S/C11H20N4O2S/c1-15-8-9(7-13-15)18(16,17)14-11-6-4-2-3-5-10(11)12/h7-8,10-11,14H,2-6,12H2,1H3. The fourth-order valence-electron chi connectivity index (χ4n) is 2.29. The van der Waals surface area contributed by atoms with Gasteiger partial charge in [0.1, 0.15) is 4.90 Å². The van der Waals surface area contributed by atoms with Crippen molar-refractivity contribution in [2.45, 2.75) is 49.1 Å². The van der Waals surface area contributed by atoms with E-state index in [-0.39, 0.29) is 17.0 Å². The van der Waals surface area contributed by atoms with E-state index in [0.717, 1.165) is 32.1 Å². The van der Waals surface area contributed by atoms with E-state index >= 15 is 0 Å². The summed E-state index contributed by atoms with van der Waals surface area (Å²) in [4.78, 5) is 0.196. The molecule has 0 amide bonds. The third-order valence-corrected chi connectivity index (χ3v) is 4.81. The zero-order valence-electron chi connectivity index (χ0n) is 10.5. The number of sulfonamides is 1. The molecule has 1 heterocycles. The van der Waals surface area contributed by atoms with Crippen molar-refractivity contribution in [2.75, 3.05) is 0 Å². The molecule has 1 fully saturated rings. The maximum Gasteiger partial charge on any atom is 0.243 e. The second kappa shape index (κ2) is 5.38.